The summed E-state index contributed by atoms with van der Waals surface area (Å²) in [4.78, 5) is 0. The van der Waals surface area contributed by atoms with Gasteiger partial charge in [-0.2, -0.15) is 0 Å². The lowest BCUT2D eigenvalue weighted by Crippen LogP contribution is -2.05. The van der Waals surface area contributed by atoms with Crippen molar-refractivity contribution in [3.8, 4) is 0 Å². The largest absolute Gasteiger partial charge is 0.343 e. The van der Waals surface area contributed by atoms with Gasteiger partial charge in [0.25, 0.3) is 0 Å². The van der Waals surface area contributed by atoms with Gasteiger partial charge in [0.2, 0.25) is 0 Å². The first-order chi connectivity index (χ1) is 10.2. The summed E-state index contributed by atoms with van der Waals surface area (Å²) in [6.07, 6.45) is 2.04. The Bertz CT molecular complexity index is 780. The first kappa shape index (κ1) is 14.1. The topological polar surface area (TPSA) is 17.0 Å². The van der Waals surface area contributed by atoms with E-state index in [0.717, 1.165) is 17.6 Å². The molecule has 0 bridgehead atoms. The molecule has 0 aliphatic carbocycles. The van der Waals surface area contributed by atoms with Crippen molar-refractivity contribution in [2.75, 3.05) is 7.05 Å². The highest BCUT2D eigenvalue weighted by molar-refractivity contribution is 6.31. The number of rotatable bonds is 4. The molecule has 2 nitrogen and oxygen atoms in total. The highest BCUT2D eigenvalue weighted by Gasteiger charge is 2.06. The van der Waals surface area contributed by atoms with Gasteiger partial charge in [-0.15, -0.1) is 0 Å². The zero-order valence-corrected chi connectivity index (χ0v) is 12.5. The van der Waals surface area contributed by atoms with Gasteiger partial charge in [0.05, 0.1) is 0 Å². The van der Waals surface area contributed by atoms with Gasteiger partial charge in [0.1, 0.15) is 5.82 Å². The Hall–Kier alpha value is -1.84. The van der Waals surface area contributed by atoms with E-state index in [9.17, 15) is 4.39 Å². The van der Waals surface area contributed by atoms with Crippen molar-refractivity contribution in [1.29, 1.82) is 0 Å². The molecule has 0 saturated heterocycles. The second-order valence-electron chi connectivity index (χ2n) is 5.10. The molecule has 0 radical (unpaired) electrons. The third kappa shape index (κ3) is 2.94. The second-order valence-corrected chi connectivity index (χ2v) is 5.51. The van der Waals surface area contributed by atoms with Gasteiger partial charge in [-0.1, -0.05) is 29.8 Å². The zero-order chi connectivity index (χ0) is 14.8. The summed E-state index contributed by atoms with van der Waals surface area (Å²) in [5.74, 6) is -0.308. The molecule has 3 aromatic rings. The van der Waals surface area contributed by atoms with Crippen LogP contribution in [0.15, 0.2) is 48.7 Å². The van der Waals surface area contributed by atoms with E-state index in [4.69, 9.17) is 11.6 Å². The van der Waals surface area contributed by atoms with E-state index >= 15 is 0 Å². The van der Waals surface area contributed by atoms with Crippen molar-refractivity contribution in [2.24, 2.45) is 0 Å². The highest BCUT2D eigenvalue weighted by atomic mass is 35.5. The first-order valence-electron chi connectivity index (χ1n) is 6.83. The molecule has 1 aromatic heterocycles. The lowest BCUT2D eigenvalue weighted by atomic mass is 10.1. The smallest absolute Gasteiger partial charge is 0.124 e. The fourth-order valence-electron chi connectivity index (χ4n) is 2.51. The molecule has 0 unspecified atom stereocenters. The molecule has 0 saturated carbocycles. The van der Waals surface area contributed by atoms with Gasteiger partial charge < -0.3 is 9.88 Å². The Kier molecular flexibility index (Phi) is 3.95. The van der Waals surface area contributed by atoms with Crippen LogP contribution in [0.4, 0.5) is 4.39 Å². The molecule has 21 heavy (non-hydrogen) atoms. The maximum atomic E-state index is 13.1. The Morgan fingerprint density at radius 1 is 1.14 bits per heavy atom. The third-order valence-corrected chi connectivity index (χ3v) is 3.93. The van der Waals surface area contributed by atoms with Crippen LogP contribution < -0.4 is 5.32 Å². The van der Waals surface area contributed by atoms with Crippen molar-refractivity contribution in [3.63, 3.8) is 0 Å². The van der Waals surface area contributed by atoms with Crippen LogP contribution in [0.25, 0.3) is 10.9 Å². The number of halogens is 2. The molecule has 4 heteroatoms. The molecule has 108 valence electrons. The number of nitrogens with one attached hydrogen (secondary N) is 1. The standard InChI is InChI=1S/C17H16ClFN2/c1-20-10-12-2-3-13-6-7-21(17(13)8-12)11-14-4-5-15(19)9-16(14)18/h2-9,20H,10-11H2,1H3. The normalized spacial score (nSPS) is 11.2. The lowest BCUT2D eigenvalue weighted by Gasteiger charge is -2.09. The summed E-state index contributed by atoms with van der Waals surface area (Å²) in [6.45, 7) is 1.46. The first-order valence-corrected chi connectivity index (χ1v) is 7.21. The van der Waals surface area contributed by atoms with Gasteiger partial charge in [-0.05, 0) is 47.8 Å². The van der Waals surface area contributed by atoms with Crippen LogP contribution >= 0.6 is 11.6 Å². The number of fused-ring (bicyclic) bond motifs is 1. The van der Waals surface area contributed by atoms with E-state index in [0.29, 0.717) is 11.6 Å². The summed E-state index contributed by atoms with van der Waals surface area (Å²) in [5.41, 5.74) is 3.30. The molecule has 0 amide bonds. The van der Waals surface area contributed by atoms with Gasteiger partial charge in [-0.25, -0.2) is 4.39 Å². The minimum atomic E-state index is -0.308. The summed E-state index contributed by atoms with van der Waals surface area (Å²) in [7, 11) is 1.93. The minimum absolute atomic E-state index is 0.308. The molecule has 0 fully saturated rings. The number of hydrogen-bond acceptors (Lipinski definition) is 1. The number of benzene rings is 2. The summed E-state index contributed by atoms with van der Waals surface area (Å²) < 4.78 is 15.3. The van der Waals surface area contributed by atoms with E-state index < -0.39 is 0 Å². The van der Waals surface area contributed by atoms with Crippen LogP contribution in [0.1, 0.15) is 11.1 Å². The summed E-state index contributed by atoms with van der Waals surface area (Å²) in [5, 5.41) is 4.80. The summed E-state index contributed by atoms with van der Waals surface area (Å²) in [6, 6.07) is 13.0. The van der Waals surface area contributed by atoms with Crippen LogP contribution in [-0.4, -0.2) is 11.6 Å². The molecular weight excluding hydrogens is 287 g/mol. The van der Waals surface area contributed by atoms with E-state index in [1.165, 1.54) is 23.1 Å². The van der Waals surface area contributed by atoms with E-state index in [-0.39, 0.29) is 5.82 Å². The fourth-order valence-corrected chi connectivity index (χ4v) is 2.74. The van der Waals surface area contributed by atoms with Crippen LogP contribution in [-0.2, 0) is 13.1 Å². The molecule has 0 spiro atoms. The third-order valence-electron chi connectivity index (χ3n) is 3.58. The predicted molar refractivity (Wildman–Crippen MR) is 85.2 cm³/mol. The van der Waals surface area contributed by atoms with Crippen molar-refractivity contribution in [3.05, 3.63) is 70.6 Å². The molecule has 0 aliphatic heterocycles. The Labute approximate surface area is 128 Å². The fraction of sp³-hybridized carbons (Fsp3) is 0.176. The van der Waals surface area contributed by atoms with Crippen LogP contribution in [0.3, 0.4) is 0 Å². The minimum Gasteiger partial charge on any atom is -0.343 e. The molecule has 2 aromatic carbocycles. The Balaban J connectivity index is 1.98. The van der Waals surface area contributed by atoms with Crippen molar-refractivity contribution < 1.29 is 4.39 Å². The Morgan fingerprint density at radius 2 is 2.00 bits per heavy atom. The van der Waals surface area contributed by atoms with E-state index in [1.54, 1.807) is 6.07 Å². The van der Waals surface area contributed by atoms with E-state index in [1.807, 2.05) is 13.2 Å². The van der Waals surface area contributed by atoms with Crippen LogP contribution in [0.2, 0.25) is 5.02 Å². The SMILES string of the molecule is CNCc1ccc2ccn(Cc3ccc(F)cc3Cl)c2c1. The maximum absolute atomic E-state index is 13.1. The van der Waals surface area contributed by atoms with Crippen molar-refractivity contribution in [2.45, 2.75) is 13.1 Å². The average molecular weight is 303 g/mol. The quantitative estimate of drug-likeness (QED) is 0.764. The molecule has 3 rings (SSSR count). The molecule has 1 heterocycles. The number of nitrogens with zero attached hydrogens (tertiary/aromatic N) is 1. The molecular formula is C17H16ClFN2. The average Bonchev–Trinajstić information content (AvgIpc) is 2.85. The van der Waals surface area contributed by atoms with Gasteiger partial charge in [0.15, 0.2) is 0 Å². The van der Waals surface area contributed by atoms with Gasteiger partial charge in [0, 0.05) is 29.8 Å². The van der Waals surface area contributed by atoms with Crippen LogP contribution in [0, 0.1) is 5.82 Å². The van der Waals surface area contributed by atoms with E-state index in [2.05, 4.69) is 34.1 Å². The zero-order valence-electron chi connectivity index (χ0n) is 11.7. The van der Waals surface area contributed by atoms with Crippen LogP contribution in [0.5, 0.6) is 0 Å². The molecule has 0 aliphatic rings. The lowest BCUT2D eigenvalue weighted by molar-refractivity contribution is 0.626. The molecule has 0 atom stereocenters. The monoisotopic (exact) mass is 302 g/mol. The van der Waals surface area contributed by atoms with Gasteiger partial charge >= 0.3 is 0 Å². The highest BCUT2D eigenvalue weighted by Crippen LogP contribution is 2.22. The maximum Gasteiger partial charge on any atom is 0.124 e. The molecule has 1 N–H and O–H groups in total. The van der Waals surface area contributed by atoms with Crippen molar-refractivity contribution >= 4 is 22.5 Å². The predicted octanol–water partition coefficient (Wildman–Crippen LogP) is 4.20. The Morgan fingerprint density at radius 3 is 2.76 bits per heavy atom. The van der Waals surface area contributed by atoms with Crippen molar-refractivity contribution in [1.82, 2.24) is 9.88 Å². The number of aromatic nitrogens is 1. The second kappa shape index (κ2) is 5.88. The number of hydrogen-bond donors (Lipinski definition) is 1. The summed E-state index contributed by atoms with van der Waals surface area (Å²) >= 11 is 6.12. The van der Waals surface area contributed by atoms with Gasteiger partial charge in [-0.3, -0.25) is 0 Å².